The molecule has 118 valence electrons. The summed E-state index contributed by atoms with van der Waals surface area (Å²) < 4.78 is 27.1. The Morgan fingerprint density at radius 3 is 2.62 bits per heavy atom. The highest BCUT2D eigenvalue weighted by Crippen LogP contribution is 2.33. The number of halogens is 2. The van der Waals surface area contributed by atoms with Crippen LogP contribution in [0.5, 0.6) is 0 Å². The lowest BCUT2D eigenvalue weighted by molar-refractivity contribution is 0.408. The lowest BCUT2D eigenvalue weighted by Crippen LogP contribution is -2.34. The summed E-state index contributed by atoms with van der Waals surface area (Å²) in [5.74, 6) is 0. The highest BCUT2D eigenvalue weighted by molar-refractivity contribution is 7.89. The third-order valence-electron chi connectivity index (χ3n) is 3.75. The van der Waals surface area contributed by atoms with Crippen molar-refractivity contribution in [2.75, 3.05) is 13.1 Å². The van der Waals surface area contributed by atoms with Gasteiger partial charge in [0.2, 0.25) is 10.0 Å². The molecule has 1 aliphatic heterocycles. The minimum Gasteiger partial charge on any atom is -0.313 e. The normalized spacial score (nSPS) is 20.1. The minimum atomic E-state index is -3.57. The third kappa shape index (κ3) is 3.54. The van der Waals surface area contributed by atoms with Crippen molar-refractivity contribution in [1.82, 2.24) is 9.62 Å². The van der Waals surface area contributed by atoms with Gasteiger partial charge in [-0.15, -0.1) is 0 Å². The van der Waals surface area contributed by atoms with Crippen molar-refractivity contribution in [3.05, 3.63) is 27.7 Å². The Morgan fingerprint density at radius 2 is 2.05 bits per heavy atom. The van der Waals surface area contributed by atoms with Crippen LogP contribution in [0.15, 0.2) is 17.0 Å². The van der Waals surface area contributed by atoms with Crippen molar-refractivity contribution >= 4 is 33.2 Å². The van der Waals surface area contributed by atoms with Crippen LogP contribution in [0.25, 0.3) is 0 Å². The number of sulfonamides is 1. The maximum Gasteiger partial charge on any atom is 0.244 e. The zero-order chi connectivity index (χ0) is 15.6. The molecule has 1 heterocycles. The number of hydrogen-bond acceptors (Lipinski definition) is 3. The molecule has 2 rings (SSSR count). The summed E-state index contributed by atoms with van der Waals surface area (Å²) >= 11 is 12.3. The van der Waals surface area contributed by atoms with Gasteiger partial charge in [-0.05, 0) is 44.0 Å². The predicted molar refractivity (Wildman–Crippen MR) is 86.4 cm³/mol. The molecule has 1 fully saturated rings. The van der Waals surface area contributed by atoms with Gasteiger partial charge in [-0.3, -0.25) is 0 Å². The van der Waals surface area contributed by atoms with Gasteiger partial charge in [-0.2, -0.15) is 4.31 Å². The fourth-order valence-electron chi connectivity index (χ4n) is 2.55. The average molecular weight is 351 g/mol. The molecule has 0 radical (unpaired) electrons. The molecule has 0 spiro atoms. The topological polar surface area (TPSA) is 49.4 Å². The SMILES string of the molecule is CCNCc1cc(S(=O)(=O)N2CCCC2C)c(Cl)cc1Cl. The van der Waals surface area contributed by atoms with Crippen LogP contribution in [0, 0.1) is 0 Å². The van der Waals surface area contributed by atoms with Crippen LogP contribution < -0.4 is 5.32 Å². The molecule has 0 bridgehead atoms. The average Bonchev–Trinajstić information content (AvgIpc) is 2.84. The number of nitrogens with zero attached hydrogens (tertiary/aromatic N) is 1. The zero-order valence-corrected chi connectivity index (χ0v) is 14.5. The van der Waals surface area contributed by atoms with E-state index in [1.54, 1.807) is 6.07 Å². The van der Waals surface area contributed by atoms with Gasteiger partial charge in [0.15, 0.2) is 0 Å². The Morgan fingerprint density at radius 1 is 1.33 bits per heavy atom. The van der Waals surface area contributed by atoms with Gasteiger partial charge in [-0.25, -0.2) is 8.42 Å². The molecular weight excluding hydrogens is 331 g/mol. The van der Waals surface area contributed by atoms with Crippen LogP contribution in [-0.2, 0) is 16.6 Å². The maximum atomic E-state index is 12.8. The first-order valence-corrected chi connectivity index (χ1v) is 9.28. The highest BCUT2D eigenvalue weighted by atomic mass is 35.5. The lowest BCUT2D eigenvalue weighted by Gasteiger charge is -2.22. The molecule has 1 N–H and O–H groups in total. The van der Waals surface area contributed by atoms with E-state index in [1.807, 2.05) is 13.8 Å². The van der Waals surface area contributed by atoms with E-state index in [2.05, 4.69) is 5.32 Å². The maximum absolute atomic E-state index is 12.8. The van der Waals surface area contributed by atoms with Gasteiger partial charge >= 0.3 is 0 Å². The van der Waals surface area contributed by atoms with Gasteiger partial charge in [0, 0.05) is 24.2 Å². The van der Waals surface area contributed by atoms with Gasteiger partial charge in [-0.1, -0.05) is 30.1 Å². The molecule has 4 nitrogen and oxygen atoms in total. The van der Waals surface area contributed by atoms with Crippen molar-refractivity contribution in [2.45, 2.75) is 44.2 Å². The van der Waals surface area contributed by atoms with E-state index in [9.17, 15) is 8.42 Å². The van der Waals surface area contributed by atoms with Gasteiger partial charge < -0.3 is 5.32 Å². The Hall–Kier alpha value is -0.330. The zero-order valence-electron chi connectivity index (χ0n) is 12.2. The second-order valence-electron chi connectivity index (χ2n) is 5.26. The molecule has 0 aliphatic carbocycles. The highest BCUT2D eigenvalue weighted by Gasteiger charge is 2.34. The number of nitrogens with one attached hydrogen (secondary N) is 1. The fourth-order valence-corrected chi connectivity index (χ4v) is 5.09. The molecule has 1 aromatic carbocycles. The quantitative estimate of drug-likeness (QED) is 0.886. The van der Waals surface area contributed by atoms with E-state index < -0.39 is 10.0 Å². The second kappa shape index (κ2) is 6.84. The van der Waals surface area contributed by atoms with Crippen molar-refractivity contribution in [3.8, 4) is 0 Å². The van der Waals surface area contributed by atoms with E-state index >= 15 is 0 Å². The molecule has 1 unspecified atom stereocenters. The van der Waals surface area contributed by atoms with E-state index in [0.717, 1.165) is 24.9 Å². The largest absolute Gasteiger partial charge is 0.313 e. The lowest BCUT2D eigenvalue weighted by atomic mass is 10.2. The summed E-state index contributed by atoms with van der Waals surface area (Å²) in [4.78, 5) is 0.148. The fraction of sp³-hybridized carbons (Fsp3) is 0.571. The van der Waals surface area contributed by atoms with Crippen LogP contribution in [0.2, 0.25) is 10.0 Å². The molecular formula is C14H20Cl2N2O2S. The second-order valence-corrected chi connectivity index (χ2v) is 7.93. The first-order valence-electron chi connectivity index (χ1n) is 7.08. The number of hydrogen-bond donors (Lipinski definition) is 1. The van der Waals surface area contributed by atoms with Crippen LogP contribution >= 0.6 is 23.2 Å². The number of benzene rings is 1. The Kier molecular flexibility index (Phi) is 5.54. The minimum absolute atomic E-state index is 0.0129. The van der Waals surface area contributed by atoms with Gasteiger partial charge in [0.05, 0.1) is 5.02 Å². The molecule has 1 aromatic rings. The molecule has 0 amide bonds. The first kappa shape index (κ1) is 17.0. The monoisotopic (exact) mass is 350 g/mol. The van der Waals surface area contributed by atoms with E-state index in [0.29, 0.717) is 18.1 Å². The Bertz CT molecular complexity index is 620. The number of rotatable bonds is 5. The van der Waals surface area contributed by atoms with Crippen molar-refractivity contribution < 1.29 is 8.42 Å². The molecule has 1 atom stereocenters. The molecule has 0 saturated carbocycles. The van der Waals surface area contributed by atoms with Gasteiger partial charge in [0.25, 0.3) is 0 Å². The van der Waals surface area contributed by atoms with E-state index in [1.165, 1.54) is 10.4 Å². The summed E-state index contributed by atoms with van der Waals surface area (Å²) in [6.45, 7) is 5.75. The molecule has 1 aliphatic rings. The Labute approximate surface area is 136 Å². The molecule has 21 heavy (non-hydrogen) atoms. The van der Waals surface area contributed by atoms with Crippen LogP contribution in [-0.4, -0.2) is 31.9 Å². The summed E-state index contributed by atoms with van der Waals surface area (Å²) in [5.41, 5.74) is 0.744. The van der Waals surface area contributed by atoms with Crippen molar-refractivity contribution in [1.29, 1.82) is 0 Å². The van der Waals surface area contributed by atoms with Gasteiger partial charge in [0.1, 0.15) is 4.90 Å². The Balaban J connectivity index is 2.42. The van der Waals surface area contributed by atoms with E-state index in [4.69, 9.17) is 23.2 Å². The van der Waals surface area contributed by atoms with E-state index in [-0.39, 0.29) is 16.0 Å². The summed E-state index contributed by atoms with van der Waals surface area (Å²) in [5, 5.41) is 3.81. The van der Waals surface area contributed by atoms with Crippen LogP contribution in [0.3, 0.4) is 0 Å². The van der Waals surface area contributed by atoms with Crippen LogP contribution in [0.4, 0.5) is 0 Å². The predicted octanol–water partition coefficient (Wildman–Crippen LogP) is 3.28. The third-order valence-corrected chi connectivity index (χ3v) is 6.58. The standard InChI is InChI=1S/C14H20Cl2N2O2S/c1-3-17-9-11-7-14(13(16)8-12(11)15)21(19,20)18-6-4-5-10(18)2/h7-8,10,17H,3-6,9H2,1-2H3. The summed E-state index contributed by atoms with van der Waals surface area (Å²) in [6.07, 6.45) is 1.77. The summed E-state index contributed by atoms with van der Waals surface area (Å²) in [6, 6.07) is 3.12. The van der Waals surface area contributed by atoms with Crippen LogP contribution in [0.1, 0.15) is 32.3 Å². The molecule has 1 saturated heterocycles. The van der Waals surface area contributed by atoms with Crippen molar-refractivity contribution in [3.63, 3.8) is 0 Å². The first-order chi connectivity index (χ1) is 9.87. The smallest absolute Gasteiger partial charge is 0.244 e. The van der Waals surface area contributed by atoms with Crippen molar-refractivity contribution in [2.24, 2.45) is 0 Å². The molecule has 7 heteroatoms. The summed E-state index contributed by atoms with van der Waals surface area (Å²) in [7, 11) is -3.57. The molecule has 0 aromatic heterocycles.